The Balaban J connectivity index is 2.02. The first-order valence-corrected chi connectivity index (χ1v) is 6.92. The molecule has 0 heterocycles. The van der Waals surface area contributed by atoms with Crippen LogP contribution in [0.2, 0.25) is 0 Å². The van der Waals surface area contributed by atoms with Crippen LogP contribution in [0.25, 0.3) is 6.08 Å². The van der Waals surface area contributed by atoms with Crippen LogP contribution < -0.4 is 5.32 Å². The van der Waals surface area contributed by atoms with E-state index in [2.05, 4.69) is 21.2 Å². The first-order chi connectivity index (χ1) is 10.1. The van der Waals surface area contributed by atoms with E-state index < -0.39 is 11.8 Å². The predicted molar refractivity (Wildman–Crippen MR) is 83.8 cm³/mol. The molecule has 0 aromatic heterocycles. The molecule has 0 saturated carbocycles. The summed E-state index contributed by atoms with van der Waals surface area (Å²) < 4.78 is 0.898. The maximum Gasteiger partial charge on any atom is 0.261 e. The molecule has 2 amide bonds. The zero-order valence-electron chi connectivity index (χ0n) is 10.9. The number of imide groups is 1. The molecule has 0 saturated heterocycles. The lowest BCUT2D eigenvalue weighted by Crippen LogP contribution is -2.28. The highest BCUT2D eigenvalue weighted by Crippen LogP contribution is 2.15. The second-order valence-corrected chi connectivity index (χ2v) is 5.14. The molecule has 5 heteroatoms. The summed E-state index contributed by atoms with van der Waals surface area (Å²) in [7, 11) is 0. The zero-order valence-corrected chi connectivity index (χ0v) is 12.5. The van der Waals surface area contributed by atoms with Crippen molar-refractivity contribution in [3.05, 3.63) is 70.2 Å². The summed E-state index contributed by atoms with van der Waals surface area (Å²) in [6, 6.07) is 13.4. The fourth-order valence-corrected chi connectivity index (χ4v) is 2.09. The third-order valence-electron chi connectivity index (χ3n) is 2.66. The van der Waals surface area contributed by atoms with Crippen molar-refractivity contribution in [3.8, 4) is 5.75 Å². The molecule has 106 valence electrons. The highest BCUT2D eigenvalue weighted by atomic mass is 79.9. The number of hydrogen-bond acceptors (Lipinski definition) is 3. The minimum absolute atomic E-state index is 0.0571. The van der Waals surface area contributed by atoms with E-state index in [9.17, 15) is 14.7 Å². The number of nitrogens with one attached hydrogen (secondary N) is 1. The summed E-state index contributed by atoms with van der Waals surface area (Å²) in [5, 5.41) is 11.7. The maximum absolute atomic E-state index is 11.8. The van der Waals surface area contributed by atoms with Crippen LogP contribution in [-0.4, -0.2) is 16.9 Å². The van der Waals surface area contributed by atoms with Crippen molar-refractivity contribution in [2.24, 2.45) is 0 Å². The van der Waals surface area contributed by atoms with Crippen molar-refractivity contribution in [3.63, 3.8) is 0 Å². The number of para-hydroxylation sites is 1. The minimum atomic E-state index is -0.642. The number of rotatable bonds is 3. The van der Waals surface area contributed by atoms with Gasteiger partial charge in [0.1, 0.15) is 5.75 Å². The van der Waals surface area contributed by atoms with Gasteiger partial charge in [-0.3, -0.25) is 14.9 Å². The molecule has 0 spiro atoms. The first kappa shape index (κ1) is 15.0. The van der Waals surface area contributed by atoms with E-state index in [0.717, 1.165) is 10.0 Å². The number of halogens is 1. The van der Waals surface area contributed by atoms with E-state index in [1.165, 1.54) is 18.2 Å². The number of aromatic hydroxyl groups is 1. The van der Waals surface area contributed by atoms with Gasteiger partial charge in [-0.1, -0.05) is 40.2 Å². The summed E-state index contributed by atoms with van der Waals surface area (Å²) in [6.45, 7) is 0. The van der Waals surface area contributed by atoms with E-state index in [4.69, 9.17) is 0 Å². The standard InChI is InChI=1S/C16H12BrNO3/c17-12-5-3-4-11(10-12)8-9-15(20)18-16(21)13-6-1-2-7-14(13)19/h1-10,19H,(H,18,20,21)/b9-8+. The molecule has 2 N–H and O–H groups in total. The Morgan fingerprint density at radius 1 is 1.10 bits per heavy atom. The van der Waals surface area contributed by atoms with Gasteiger partial charge in [0.15, 0.2) is 0 Å². The van der Waals surface area contributed by atoms with E-state index in [1.807, 2.05) is 24.3 Å². The molecule has 0 fully saturated rings. The number of phenols is 1. The Labute approximate surface area is 130 Å². The van der Waals surface area contributed by atoms with Gasteiger partial charge in [0.05, 0.1) is 5.56 Å². The molecule has 0 aliphatic carbocycles. The van der Waals surface area contributed by atoms with Gasteiger partial charge in [-0.05, 0) is 35.9 Å². The molecular weight excluding hydrogens is 334 g/mol. The van der Waals surface area contributed by atoms with Gasteiger partial charge in [-0.25, -0.2) is 0 Å². The topological polar surface area (TPSA) is 66.4 Å². The Bertz CT molecular complexity index is 710. The molecule has 2 aromatic rings. The normalized spacial score (nSPS) is 10.5. The SMILES string of the molecule is O=C(/C=C/c1cccc(Br)c1)NC(=O)c1ccccc1O. The summed E-state index contributed by atoms with van der Waals surface area (Å²) in [5.41, 5.74) is 0.885. The molecular formula is C16H12BrNO3. The van der Waals surface area contributed by atoms with Crippen molar-refractivity contribution < 1.29 is 14.7 Å². The minimum Gasteiger partial charge on any atom is -0.507 e. The van der Waals surface area contributed by atoms with Crippen molar-refractivity contribution in [1.29, 1.82) is 0 Å². The van der Waals surface area contributed by atoms with Crippen LogP contribution in [0.4, 0.5) is 0 Å². The van der Waals surface area contributed by atoms with Gasteiger partial charge in [0.2, 0.25) is 0 Å². The summed E-state index contributed by atoms with van der Waals surface area (Å²) in [4.78, 5) is 23.5. The van der Waals surface area contributed by atoms with Crippen molar-refractivity contribution in [2.45, 2.75) is 0 Å². The third-order valence-corrected chi connectivity index (χ3v) is 3.15. The summed E-state index contributed by atoms with van der Waals surface area (Å²) in [6.07, 6.45) is 2.86. The zero-order chi connectivity index (χ0) is 15.2. The largest absolute Gasteiger partial charge is 0.507 e. The fraction of sp³-hybridized carbons (Fsp3) is 0. The second kappa shape index (κ2) is 6.85. The van der Waals surface area contributed by atoms with E-state index in [0.29, 0.717) is 0 Å². The highest BCUT2D eigenvalue weighted by Gasteiger charge is 2.11. The second-order valence-electron chi connectivity index (χ2n) is 4.22. The Hall–Kier alpha value is -2.40. The number of amides is 2. The average Bonchev–Trinajstić information content (AvgIpc) is 2.45. The van der Waals surface area contributed by atoms with Crippen LogP contribution in [0.5, 0.6) is 5.75 Å². The van der Waals surface area contributed by atoms with Gasteiger partial charge in [-0.15, -0.1) is 0 Å². The highest BCUT2D eigenvalue weighted by molar-refractivity contribution is 9.10. The molecule has 0 bridgehead atoms. The maximum atomic E-state index is 11.8. The van der Waals surface area contributed by atoms with E-state index >= 15 is 0 Å². The molecule has 0 aliphatic heterocycles. The van der Waals surface area contributed by atoms with Crippen LogP contribution >= 0.6 is 15.9 Å². The van der Waals surface area contributed by atoms with E-state index in [-0.39, 0.29) is 11.3 Å². The number of carbonyl (C=O) groups is 2. The van der Waals surface area contributed by atoms with Crippen molar-refractivity contribution >= 4 is 33.8 Å². The van der Waals surface area contributed by atoms with Gasteiger partial charge < -0.3 is 5.11 Å². The lowest BCUT2D eigenvalue weighted by Gasteiger charge is -2.03. The molecule has 0 aliphatic rings. The van der Waals surface area contributed by atoms with Gasteiger partial charge in [-0.2, -0.15) is 0 Å². The molecule has 0 radical (unpaired) electrons. The average molecular weight is 346 g/mol. The quantitative estimate of drug-likeness (QED) is 0.840. The molecule has 0 unspecified atom stereocenters. The van der Waals surface area contributed by atoms with Crippen LogP contribution in [0.3, 0.4) is 0 Å². The van der Waals surface area contributed by atoms with Gasteiger partial charge >= 0.3 is 0 Å². The first-order valence-electron chi connectivity index (χ1n) is 6.13. The lowest BCUT2D eigenvalue weighted by molar-refractivity contribution is -0.115. The fourth-order valence-electron chi connectivity index (χ4n) is 1.67. The Morgan fingerprint density at radius 3 is 2.57 bits per heavy atom. The van der Waals surface area contributed by atoms with Gasteiger partial charge in [0.25, 0.3) is 11.8 Å². The molecule has 2 aromatic carbocycles. The molecule has 4 nitrogen and oxygen atoms in total. The van der Waals surface area contributed by atoms with Crippen molar-refractivity contribution in [2.75, 3.05) is 0 Å². The molecule has 2 rings (SSSR count). The summed E-state index contributed by atoms with van der Waals surface area (Å²) >= 11 is 3.33. The Kier molecular flexibility index (Phi) is 4.90. The molecule has 21 heavy (non-hydrogen) atoms. The monoisotopic (exact) mass is 345 g/mol. The van der Waals surface area contributed by atoms with Crippen LogP contribution in [0.1, 0.15) is 15.9 Å². The number of phenolic OH excluding ortho intramolecular Hbond substituents is 1. The number of carbonyl (C=O) groups excluding carboxylic acids is 2. The molecule has 0 atom stereocenters. The van der Waals surface area contributed by atoms with Crippen LogP contribution in [0.15, 0.2) is 59.1 Å². The summed E-state index contributed by atoms with van der Waals surface area (Å²) in [5.74, 6) is -1.36. The Morgan fingerprint density at radius 2 is 1.86 bits per heavy atom. The smallest absolute Gasteiger partial charge is 0.261 e. The van der Waals surface area contributed by atoms with Crippen molar-refractivity contribution in [1.82, 2.24) is 5.32 Å². The predicted octanol–water partition coefficient (Wildman–Crippen LogP) is 3.12. The van der Waals surface area contributed by atoms with Crippen LogP contribution in [0, 0.1) is 0 Å². The van der Waals surface area contributed by atoms with Gasteiger partial charge in [0, 0.05) is 10.5 Å². The third kappa shape index (κ3) is 4.29. The number of hydrogen-bond donors (Lipinski definition) is 2. The van der Waals surface area contributed by atoms with E-state index in [1.54, 1.807) is 18.2 Å². The lowest BCUT2D eigenvalue weighted by atomic mass is 10.2. The number of benzene rings is 2. The van der Waals surface area contributed by atoms with Crippen LogP contribution in [-0.2, 0) is 4.79 Å².